The average molecular weight is 380 g/mol. The highest BCUT2D eigenvalue weighted by Gasteiger charge is 2.11. The van der Waals surface area contributed by atoms with Crippen LogP contribution >= 0.6 is 45.5 Å². The number of nitrogens with two attached hydrogens (primary N) is 1. The van der Waals surface area contributed by atoms with Crippen molar-refractivity contribution in [2.75, 3.05) is 11.1 Å². The highest BCUT2D eigenvalue weighted by molar-refractivity contribution is 14.1. The van der Waals surface area contributed by atoms with Crippen LogP contribution in [0.4, 0.5) is 10.8 Å². The van der Waals surface area contributed by atoms with Crippen LogP contribution in [0, 0.1) is 3.57 Å². The largest absolute Gasteiger partial charge is 0.375 e. The van der Waals surface area contributed by atoms with Crippen molar-refractivity contribution in [3.05, 3.63) is 37.9 Å². The summed E-state index contributed by atoms with van der Waals surface area (Å²) < 4.78 is 0.867. The summed E-state index contributed by atoms with van der Waals surface area (Å²) in [5.74, 6) is -0.279. The number of nitrogen functional groups attached to an aromatic ring is 1. The van der Waals surface area contributed by atoms with E-state index in [1.165, 1.54) is 11.3 Å². The fourth-order valence-electron chi connectivity index (χ4n) is 1.17. The molecular weight excluding hydrogens is 373 g/mol. The normalized spacial score (nSPS) is 10.2. The Balaban J connectivity index is 2.18. The second kappa shape index (κ2) is 5.19. The van der Waals surface area contributed by atoms with E-state index in [4.69, 9.17) is 17.3 Å². The lowest BCUT2D eigenvalue weighted by molar-refractivity contribution is 0.102. The first-order chi connectivity index (χ1) is 8.06. The minimum Gasteiger partial charge on any atom is -0.375 e. The number of carbonyl (C=O) groups excluding carboxylic acids is 1. The van der Waals surface area contributed by atoms with Gasteiger partial charge in [-0.3, -0.25) is 4.79 Å². The number of amides is 1. The number of nitrogens with one attached hydrogen (secondary N) is 1. The highest BCUT2D eigenvalue weighted by atomic mass is 127. The molecule has 4 nitrogen and oxygen atoms in total. The van der Waals surface area contributed by atoms with Gasteiger partial charge < -0.3 is 11.1 Å². The minimum atomic E-state index is -0.279. The number of nitrogens with zero attached hydrogens (tertiary/aromatic N) is 1. The van der Waals surface area contributed by atoms with Gasteiger partial charge in [-0.05, 0) is 40.8 Å². The number of hydrogen-bond acceptors (Lipinski definition) is 4. The first-order valence-corrected chi connectivity index (χ1v) is 6.87. The minimum absolute atomic E-state index is 0.279. The maximum atomic E-state index is 11.8. The fraction of sp³-hybridized carbons (Fsp3) is 0. The van der Waals surface area contributed by atoms with Crippen LogP contribution in [0.15, 0.2) is 23.6 Å². The molecule has 0 aliphatic heterocycles. The Morgan fingerprint density at radius 2 is 2.29 bits per heavy atom. The summed E-state index contributed by atoms with van der Waals surface area (Å²) in [5.41, 5.74) is 6.49. The maximum Gasteiger partial charge on any atom is 0.275 e. The number of anilines is 2. The van der Waals surface area contributed by atoms with Crippen LogP contribution in [0.2, 0.25) is 5.02 Å². The van der Waals surface area contributed by atoms with E-state index in [0.717, 1.165) is 3.57 Å². The smallest absolute Gasteiger partial charge is 0.275 e. The summed E-state index contributed by atoms with van der Waals surface area (Å²) >= 11 is 9.16. The number of aromatic nitrogens is 1. The Labute approximate surface area is 120 Å². The van der Waals surface area contributed by atoms with Gasteiger partial charge in [0.05, 0.1) is 5.69 Å². The number of rotatable bonds is 2. The van der Waals surface area contributed by atoms with Crippen molar-refractivity contribution < 1.29 is 4.79 Å². The van der Waals surface area contributed by atoms with Crippen molar-refractivity contribution in [1.29, 1.82) is 0 Å². The first kappa shape index (κ1) is 12.6. The SMILES string of the molecule is Nc1nc(C(=O)Nc2ccc(Cl)cc2I)cs1. The summed E-state index contributed by atoms with van der Waals surface area (Å²) in [6, 6.07) is 5.24. The summed E-state index contributed by atoms with van der Waals surface area (Å²) in [6.45, 7) is 0. The van der Waals surface area contributed by atoms with E-state index in [1.54, 1.807) is 23.6 Å². The van der Waals surface area contributed by atoms with Crippen LogP contribution in [0.5, 0.6) is 0 Å². The molecule has 7 heteroatoms. The van der Waals surface area contributed by atoms with Crippen molar-refractivity contribution in [3.63, 3.8) is 0 Å². The maximum absolute atomic E-state index is 11.8. The molecule has 2 aromatic rings. The van der Waals surface area contributed by atoms with E-state index in [0.29, 0.717) is 21.5 Å². The summed E-state index contributed by atoms with van der Waals surface area (Å²) in [4.78, 5) is 15.7. The zero-order valence-electron chi connectivity index (χ0n) is 8.41. The molecule has 0 saturated carbocycles. The summed E-state index contributed by atoms with van der Waals surface area (Å²) in [7, 11) is 0. The summed E-state index contributed by atoms with van der Waals surface area (Å²) in [6.07, 6.45) is 0. The second-order valence-corrected chi connectivity index (χ2v) is 5.64. The molecule has 0 bridgehead atoms. The van der Waals surface area contributed by atoms with Gasteiger partial charge in [-0.2, -0.15) is 0 Å². The molecule has 0 fully saturated rings. The number of benzene rings is 1. The van der Waals surface area contributed by atoms with Crippen LogP contribution < -0.4 is 11.1 Å². The van der Waals surface area contributed by atoms with Gasteiger partial charge in [0.15, 0.2) is 5.13 Å². The Kier molecular flexibility index (Phi) is 3.85. The lowest BCUT2D eigenvalue weighted by atomic mass is 10.3. The van der Waals surface area contributed by atoms with E-state index in [1.807, 2.05) is 0 Å². The number of hydrogen-bond donors (Lipinski definition) is 2. The van der Waals surface area contributed by atoms with Crippen molar-refractivity contribution in [2.24, 2.45) is 0 Å². The van der Waals surface area contributed by atoms with Gasteiger partial charge in [0.1, 0.15) is 5.69 Å². The van der Waals surface area contributed by atoms with E-state index in [2.05, 4.69) is 32.9 Å². The standard InChI is InChI=1S/C10H7ClIN3OS/c11-5-1-2-7(6(12)3-5)14-9(16)8-4-17-10(13)15-8/h1-4H,(H2,13,15)(H,14,16). The van der Waals surface area contributed by atoms with Gasteiger partial charge in [-0.25, -0.2) is 4.98 Å². The molecule has 17 heavy (non-hydrogen) atoms. The lowest BCUT2D eigenvalue weighted by Gasteiger charge is -2.05. The molecule has 0 saturated heterocycles. The summed E-state index contributed by atoms with van der Waals surface area (Å²) in [5, 5.41) is 5.37. The Morgan fingerprint density at radius 3 is 2.88 bits per heavy atom. The molecule has 1 aromatic carbocycles. The van der Waals surface area contributed by atoms with Gasteiger partial charge in [-0.1, -0.05) is 11.6 Å². The lowest BCUT2D eigenvalue weighted by Crippen LogP contribution is -2.13. The molecule has 0 unspecified atom stereocenters. The predicted octanol–water partition coefficient (Wildman–Crippen LogP) is 3.24. The molecule has 3 N–H and O–H groups in total. The Morgan fingerprint density at radius 1 is 1.53 bits per heavy atom. The van der Waals surface area contributed by atoms with Crippen molar-refractivity contribution in [2.45, 2.75) is 0 Å². The van der Waals surface area contributed by atoms with Crippen molar-refractivity contribution >= 4 is 62.3 Å². The highest BCUT2D eigenvalue weighted by Crippen LogP contribution is 2.23. The van der Waals surface area contributed by atoms with E-state index in [9.17, 15) is 4.79 Å². The Bertz CT molecular complexity index is 572. The predicted molar refractivity (Wildman–Crippen MR) is 78.6 cm³/mol. The van der Waals surface area contributed by atoms with Crippen LogP contribution in [0.3, 0.4) is 0 Å². The molecule has 0 aliphatic carbocycles. The van der Waals surface area contributed by atoms with Crippen LogP contribution in [0.1, 0.15) is 10.5 Å². The molecule has 0 spiro atoms. The third kappa shape index (κ3) is 3.08. The second-order valence-electron chi connectivity index (χ2n) is 3.15. The van der Waals surface area contributed by atoms with Crippen LogP contribution in [-0.4, -0.2) is 10.9 Å². The first-order valence-electron chi connectivity index (χ1n) is 4.53. The molecular formula is C10H7ClIN3OS. The van der Waals surface area contributed by atoms with Crippen LogP contribution in [0.25, 0.3) is 0 Å². The molecule has 88 valence electrons. The number of thiazole rings is 1. The van der Waals surface area contributed by atoms with Crippen molar-refractivity contribution in [3.8, 4) is 0 Å². The monoisotopic (exact) mass is 379 g/mol. The molecule has 0 radical (unpaired) electrons. The van der Waals surface area contributed by atoms with Crippen molar-refractivity contribution in [1.82, 2.24) is 4.98 Å². The molecule has 0 atom stereocenters. The van der Waals surface area contributed by atoms with Gasteiger partial charge in [0.25, 0.3) is 5.91 Å². The van der Waals surface area contributed by atoms with E-state index < -0.39 is 0 Å². The van der Waals surface area contributed by atoms with E-state index in [-0.39, 0.29) is 5.91 Å². The Hall–Kier alpha value is -0.860. The van der Waals surface area contributed by atoms with E-state index >= 15 is 0 Å². The number of halogens is 2. The quantitative estimate of drug-likeness (QED) is 0.787. The molecule has 2 rings (SSSR count). The topological polar surface area (TPSA) is 68.0 Å². The third-order valence-electron chi connectivity index (χ3n) is 1.93. The van der Waals surface area contributed by atoms with Gasteiger partial charge >= 0.3 is 0 Å². The van der Waals surface area contributed by atoms with Gasteiger partial charge in [0.2, 0.25) is 0 Å². The average Bonchev–Trinajstić information content (AvgIpc) is 2.69. The molecule has 1 aromatic heterocycles. The van der Waals surface area contributed by atoms with Crippen LogP contribution in [-0.2, 0) is 0 Å². The fourth-order valence-corrected chi connectivity index (χ4v) is 2.72. The zero-order valence-corrected chi connectivity index (χ0v) is 12.1. The van der Waals surface area contributed by atoms with Gasteiger partial charge in [-0.15, -0.1) is 11.3 Å². The number of carbonyl (C=O) groups is 1. The molecule has 1 heterocycles. The zero-order chi connectivity index (χ0) is 12.4. The third-order valence-corrected chi connectivity index (χ3v) is 3.74. The molecule has 1 amide bonds. The molecule has 0 aliphatic rings. The van der Waals surface area contributed by atoms with Gasteiger partial charge in [0, 0.05) is 14.0 Å².